The Labute approximate surface area is 118 Å². The highest BCUT2D eigenvalue weighted by Gasteiger charge is 2.55. The first kappa shape index (κ1) is 13.2. The summed E-state index contributed by atoms with van der Waals surface area (Å²) in [5, 5.41) is 2.95. The minimum Gasteiger partial charge on any atom is -0.467 e. The van der Waals surface area contributed by atoms with Crippen molar-refractivity contribution in [2.45, 2.75) is 51.2 Å². The van der Waals surface area contributed by atoms with E-state index >= 15 is 0 Å². The molecule has 1 saturated carbocycles. The number of hydrogen-bond donors (Lipinski definition) is 1. The molecule has 108 valence electrons. The smallest absolute Gasteiger partial charge is 0.249 e. The van der Waals surface area contributed by atoms with Gasteiger partial charge in [-0.2, -0.15) is 0 Å². The Morgan fingerprint density at radius 1 is 1.45 bits per heavy atom. The van der Waals surface area contributed by atoms with E-state index < -0.39 is 11.6 Å². The van der Waals surface area contributed by atoms with Gasteiger partial charge in [-0.15, -0.1) is 0 Å². The van der Waals surface area contributed by atoms with Crippen molar-refractivity contribution in [2.75, 3.05) is 0 Å². The molecule has 1 N–H and O–H groups in total. The third kappa shape index (κ3) is 2.01. The fourth-order valence-electron chi connectivity index (χ4n) is 3.07. The monoisotopic (exact) mass is 276 g/mol. The molecule has 3 rings (SSSR count). The second-order valence-corrected chi connectivity index (χ2v) is 5.90. The number of nitrogens with zero attached hydrogens (tertiary/aromatic N) is 1. The molecule has 1 aliphatic carbocycles. The van der Waals surface area contributed by atoms with Gasteiger partial charge in [0.15, 0.2) is 0 Å². The zero-order valence-corrected chi connectivity index (χ0v) is 11.9. The summed E-state index contributed by atoms with van der Waals surface area (Å²) < 4.78 is 5.33. The van der Waals surface area contributed by atoms with Crippen LogP contribution >= 0.6 is 0 Å². The molecule has 2 amide bonds. The van der Waals surface area contributed by atoms with Gasteiger partial charge in [-0.25, -0.2) is 0 Å². The number of carbonyl (C=O) groups excluding carboxylic acids is 2. The van der Waals surface area contributed by atoms with E-state index in [9.17, 15) is 9.59 Å². The summed E-state index contributed by atoms with van der Waals surface area (Å²) in [5.41, 5.74) is -0.741. The first-order valence-electron chi connectivity index (χ1n) is 7.21. The molecule has 5 heteroatoms. The van der Waals surface area contributed by atoms with Crippen LogP contribution in [0.5, 0.6) is 0 Å². The van der Waals surface area contributed by atoms with Crippen molar-refractivity contribution < 1.29 is 14.0 Å². The minimum atomic E-state index is -0.741. The van der Waals surface area contributed by atoms with Crippen molar-refractivity contribution in [2.24, 2.45) is 5.92 Å². The van der Waals surface area contributed by atoms with E-state index in [1.54, 1.807) is 17.2 Å². The number of nitrogens with one attached hydrogen (secondary N) is 1. The number of amides is 2. The van der Waals surface area contributed by atoms with Gasteiger partial charge in [0.1, 0.15) is 17.3 Å². The molecule has 5 nitrogen and oxygen atoms in total. The van der Waals surface area contributed by atoms with E-state index in [1.165, 1.54) is 0 Å². The molecule has 2 aliphatic rings. The summed E-state index contributed by atoms with van der Waals surface area (Å²) in [7, 11) is 0. The molecule has 0 radical (unpaired) electrons. The minimum absolute atomic E-state index is 0.0165. The fourth-order valence-corrected chi connectivity index (χ4v) is 3.07. The van der Waals surface area contributed by atoms with Crippen LogP contribution in [0.25, 0.3) is 0 Å². The van der Waals surface area contributed by atoms with E-state index in [-0.39, 0.29) is 17.7 Å². The van der Waals surface area contributed by atoms with Crippen LogP contribution in [-0.2, 0) is 16.1 Å². The molecule has 1 saturated heterocycles. The normalized spacial score (nSPS) is 30.5. The van der Waals surface area contributed by atoms with Gasteiger partial charge < -0.3 is 14.6 Å². The summed E-state index contributed by atoms with van der Waals surface area (Å²) in [6, 6.07) is 3.23. The van der Waals surface area contributed by atoms with Crippen LogP contribution in [0.2, 0.25) is 0 Å². The number of furan rings is 1. The second-order valence-electron chi connectivity index (χ2n) is 5.90. The third-order valence-corrected chi connectivity index (χ3v) is 4.45. The second kappa shape index (κ2) is 4.65. The molecular weight excluding hydrogens is 256 g/mol. The molecule has 1 aromatic rings. The first-order chi connectivity index (χ1) is 9.56. The average molecular weight is 276 g/mol. The zero-order valence-electron chi connectivity index (χ0n) is 11.9. The lowest BCUT2D eigenvalue weighted by molar-refractivity contribution is -0.156. The molecule has 2 fully saturated rings. The van der Waals surface area contributed by atoms with Crippen LogP contribution < -0.4 is 5.32 Å². The predicted molar refractivity (Wildman–Crippen MR) is 72.6 cm³/mol. The van der Waals surface area contributed by atoms with Crippen LogP contribution in [0.3, 0.4) is 0 Å². The van der Waals surface area contributed by atoms with Crippen molar-refractivity contribution in [3.8, 4) is 0 Å². The van der Waals surface area contributed by atoms with Gasteiger partial charge in [0.2, 0.25) is 11.8 Å². The average Bonchev–Trinajstić information content (AvgIpc) is 3.16. The third-order valence-electron chi connectivity index (χ3n) is 4.45. The topological polar surface area (TPSA) is 62.6 Å². The standard InChI is InChI=1S/C15H20N2O3/c1-3-12-13(18)16-15(2,10-6-7-10)14(19)17(12)9-11-5-4-8-20-11/h4-5,8,10,12H,3,6-7,9H2,1-2H3,(H,16,18). The highest BCUT2D eigenvalue weighted by atomic mass is 16.3. The maximum atomic E-state index is 12.8. The Morgan fingerprint density at radius 3 is 2.75 bits per heavy atom. The lowest BCUT2D eigenvalue weighted by Gasteiger charge is -2.44. The number of hydrogen-bond acceptors (Lipinski definition) is 3. The van der Waals surface area contributed by atoms with Crippen molar-refractivity contribution in [1.29, 1.82) is 0 Å². The van der Waals surface area contributed by atoms with Crippen LogP contribution in [0.4, 0.5) is 0 Å². The molecular formula is C15H20N2O3. The van der Waals surface area contributed by atoms with Gasteiger partial charge in [-0.1, -0.05) is 6.92 Å². The highest BCUT2D eigenvalue weighted by Crippen LogP contribution is 2.42. The Morgan fingerprint density at radius 2 is 2.20 bits per heavy atom. The molecule has 0 spiro atoms. The molecule has 20 heavy (non-hydrogen) atoms. The Hall–Kier alpha value is -1.78. The van der Waals surface area contributed by atoms with Gasteiger partial charge >= 0.3 is 0 Å². The summed E-state index contributed by atoms with van der Waals surface area (Å²) >= 11 is 0. The largest absolute Gasteiger partial charge is 0.467 e. The van der Waals surface area contributed by atoms with Crippen molar-refractivity contribution in [3.63, 3.8) is 0 Å². The van der Waals surface area contributed by atoms with Gasteiger partial charge in [0.05, 0.1) is 12.8 Å². The zero-order chi connectivity index (χ0) is 14.3. The molecule has 2 heterocycles. The molecule has 2 atom stereocenters. The number of carbonyl (C=O) groups is 2. The first-order valence-corrected chi connectivity index (χ1v) is 7.21. The highest BCUT2D eigenvalue weighted by molar-refractivity contribution is 6.00. The van der Waals surface area contributed by atoms with Crippen LogP contribution in [0.15, 0.2) is 22.8 Å². The fraction of sp³-hybridized carbons (Fsp3) is 0.600. The van der Waals surface area contributed by atoms with E-state index in [4.69, 9.17) is 4.42 Å². The van der Waals surface area contributed by atoms with E-state index in [0.717, 1.165) is 12.8 Å². The lowest BCUT2D eigenvalue weighted by Crippen LogP contribution is -2.69. The maximum Gasteiger partial charge on any atom is 0.249 e. The summed E-state index contributed by atoms with van der Waals surface area (Å²) in [6.07, 6.45) is 4.21. The maximum absolute atomic E-state index is 12.8. The van der Waals surface area contributed by atoms with Gasteiger partial charge in [0, 0.05) is 0 Å². The molecule has 0 aromatic carbocycles. The van der Waals surface area contributed by atoms with Crippen LogP contribution in [0, 0.1) is 5.92 Å². The number of rotatable bonds is 4. The van der Waals surface area contributed by atoms with E-state index in [2.05, 4.69) is 5.32 Å². The molecule has 2 unspecified atom stereocenters. The van der Waals surface area contributed by atoms with E-state index in [0.29, 0.717) is 18.7 Å². The molecule has 0 bridgehead atoms. The van der Waals surface area contributed by atoms with Gasteiger partial charge in [0.25, 0.3) is 0 Å². The molecule has 1 aliphatic heterocycles. The summed E-state index contributed by atoms with van der Waals surface area (Å²) in [6.45, 7) is 4.14. The van der Waals surface area contributed by atoms with Gasteiger partial charge in [-0.3, -0.25) is 9.59 Å². The Balaban J connectivity index is 1.89. The number of piperazine rings is 1. The summed E-state index contributed by atoms with van der Waals surface area (Å²) in [4.78, 5) is 26.8. The lowest BCUT2D eigenvalue weighted by atomic mass is 9.89. The van der Waals surface area contributed by atoms with Crippen molar-refractivity contribution in [1.82, 2.24) is 10.2 Å². The van der Waals surface area contributed by atoms with Crippen LogP contribution in [0.1, 0.15) is 38.9 Å². The van der Waals surface area contributed by atoms with Crippen molar-refractivity contribution in [3.05, 3.63) is 24.2 Å². The Bertz CT molecular complexity index is 521. The van der Waals surface area contributed by atoms with E-state index in [1.807, 2.05) is 19.9 Å². The Kier molecular flexibility index (Phi) is 3.07. The van der Waals surface area contributed by atoms with Crippen LogP contribution in [-0.4, -0.2) is 28.3 Å². The predicted octanol–water partition coefficient (Wildman–Crippen LogP) is 1.69. The molecule has 1 aromatic heterocycles. The van der Waals surface area contributed by atoms with Crippen molar-refractivity contribution >= 4 is 11.8 Å². The van der Waals surface area contributed by atoms with Gasteiger partial charge in [-0.05, 0) is 44.2 Å². The quantitative estimate of drug-likeness (QED) is 0.910. The SMILES string of the molecule is CCC1C(=O)NC(C)(C2CC2)C(=O)N1Cc1ccco1. The summed E-state index contributed by atoms with van der Waals surface area (Å²) in [5.74, 6) is 0.955.